The van der Waals surface area contributed by atoms with Gasteiger partial charge in [-0.1, -0.05) is 18.9 Å². The second kappa shape index (κ2) is 4.98. The van der Waals surface area contributed by atoms with Gasteiger partial charge < -0.3 is 14.6 Å². The molecule has 0 aromatic heterocycles. The Labute approximate surface area is 117 Å². The Balaban J connectivity index is 1.90. The van der Waals surface area contributed by atoms with Crippen molar-refractivity contribution in [1.82, 2.24) is 5.32 Å². The predicted octanol–water partition coefficient (Wildman–Crippen LogP) is 2.25. The molecule has 1 saturated carbocycles. The van der Waals surface area contributed by atoms with Crippen molar-refractivity contribution in [1.29, 1.82) is 0 Å². The number of aliphatic carboxylic acids is 1. The summed E-state index contributed by atoms with van der Waals surface area (Å²) < 4.78 is 10.6. The zero-order valence-electron chi connectivity index (χ0n) is 11.5. The van der Waals surface area contributed by atoms with Gasteiger partial charge in [0.1, 0.15) is 5.54 Å². The summed E-state index contributed by atoms with van der Waals surface area (Å²) in [5, 5.41) is 13.0. The van der Waals surface area contributed by atoms with Crippen molar-refractivity contribution in [3.05, 3.63) is 23.8 Å². The first kappa shape index (κ1) is 13.2. The quantitative estimate of drug-likeness (QED) is 0.883. The molecule has 5 nitrogen and oxygen atoms in total. The Morgan fingerprint density at radius 1 is 1.30 bits per heavy atom. The largest absolute Gasteiger partial charge is 0.480 e. The van der Waals surface area contributed by atoms with Gasteiger partial charge in [0.15, 0.2) is 11.5 Å². The molecule has 2 aliphatic rings. The van der Waals surface area contributed by atoms with E-state index in [0.717, 1.165) is 25.7 Å². The first-order chi connectivity index (χ1) is 9.59. The van der Waals surface area contributed by atoms with E-state index < -0.39 is 11.5 Å². The highest BCUT2D eigenvalue weighted by atomic mass is 16.7. The molecule has 5 heteroatoms. The number of benzene rings is 1. The van der Waals surface area contributed by atoms with E-state index in [2.05, 4.69) is 5.32 Å². The van der Waals surface area contributed by atoms with Gasteiger partial charge in [0.05, 0.1) is 0 Å². The molecule has 1 unspecified atom stereocenters. The zero-order chi connectivity index (χ0) is 14.2. The molecule has 3 rings (SSSR count). The number of carbonyl (C=O) groups is 1. The molecule has 0 saturated heterocycles. The van der Waals surface area contributed by atoms with Crippen LogP contribution >= 0.6 is 0 Å². The lowest BCUT2D eigenvalue weighted by atomic mass is 9.90. The van der Waals surface area contributed by atoms with Crippen LogP contribution in [0.25, 0.3) is 0 Å². The molecule has 108 valence electrons. The lowest BCUT2D eigenvalue weighted by Gasteiger charge is -2.30. The third-order valence-corrected chi connectivity index (χ3v) is 4.23. The minimum absolute atomic E-state index is 0.193. The Hall–Kier alpha value is -1.75. The van der Waals surface area contributed by atoms with Gasteiger partial charge in [-0.25, -0.2) is 4.79 Å². The van der Waals surface area contributed by atoms with Crippen LogP contribution in [-0.4, -0.2) is 23.9 Å². The maximum atomic E-state index is 11.8. The summed E-state index contributed by atoms with van der Waals surface area (Å²) in [7, 11) is 0. The fourth-order valence-corrected chi connectivity index (χ4v) is 2.95. The van der Waals surface area contributed by atoms with Gasteiger partial charge in [0.25, 0.3) is 0 Å². The summed E-state index contributed by atoms with van der Waals surface area (Å²) >= 11 is 0. The molecular weight excluding hydrogens is 258 g/mol. The van der Waals surface area contributed by atoms with E-state index in [1.807, 2.05) is 0 Å². The van der Waals surface area contributed by atoms with Crippen molar-refractivity contribution in [3.63, 3.8) is 0 Å². The number of hydrogen-bond acceptors (Lipinski definition) is 4. The molecule has 0 spiro atoms. The average Bonchev–Trinajstić information content (AvgIpc) is 3.07. The molecule has 1 aliphatic carbocycles. The SMILES string of the molecule is CC(NC1CCCC1)(C(=O)O)c1ccc2c(c1)OCO2. The highest BCUT2D eigenvalue weighted by Gasteiger charge is 2.38. The standard InChI is InChI=1S/C15H19NO4/c1-15(14(17)18,16-11-4-2-3-5-11)10-6-7-12-13(8-10)20-9-19-12/h6-8,11,16H,2-5,9H2,1H3,(H,17,18). The van der Waals surface area contributed by atoms with Crippen molar-refractivity contribution in [3.8, 4) is 11.5 Å². The van der Waals surface area contributed by atoms with Crippen LogP contribution in [0.3, 0.4) is 0 Å². The van der Waals surface area contributed by atoms with Crippen molar-refractivity contribution in [2.75, 3.05) is 6.79 Å². The second-order valence-corrected chi connectivity index (χ2v) is 5.62. The summed E-state index contributed by atoms with van der Waals surface area (Å²) in [6, 6.07) is 5.60. The molecule has 0 bridgehead atoms. The van der Waals surface area contributed by atoms with E-state index in [-0.39, 0.29) is 12.8 Å². The summed E-state index contributed by atoms with van der Waals surface area (Å²) in [5.41, 5.74) is -0.406. The molecule has 1 atom stereocenters. The Morgan fingerprint density at radius 3 is 2.70 bits per heavy atom. The number of rotatable bonds is 4. The molecule has 1 fully saturated rings. The minimum Gasteiger partial charge on any atom is -0.480 e. The van der Waals surface area contributed by atoms with Crippen molar-refractivity contribution in [2.45, 2.75) is 44.2 Å². The Morgan fingerprint density at radius 2 is 2.00 bits per heavy atom. The van der Waals surface area contributed by atoms with Crippen LogP contribution in [0.5, 0.6) is 11.5 Å². The van der Waals surface area contributed by atoms with E-state index in [1.54, 1.807) is 25.1 Å². The number of ether oxygens (including phenoxy) is 2. The molecule has 0 radical (unpaired) electrons. The molecule has 1 aliphatic heterocycles. The topological polar surface area (TPSA) is 67.8 Å². The van der Waals surface area contributed by atoms with E-state index >= 15 is 0 Å². The molecule has 1 aromatic rings. The van der Waals surface area contributed by atoms with Crippen LogP contribution in [-0.2, 0) is 10.3 Å². The number of nitrogens with one attached hydrogen (secondary N) is 1. The van der Waals surface area contributed by atoms with Crippen molar-refractivity contribution < 1.29 is 19.4 Å². The van der Waals surface area contributed by atoms with Crippen LogP contribution in [0.1, 0.15) is 38.2 Å². The third kappa shape index (κ3) is 2.22. The second-order valence-electron chi connectivity index (χ2n) is 5.62. The normalized spacial score (nSPS) is 20.9. The minimum atomic E-state index is -1.10. The zero-order valence-corrected chi connectivity index (χ0v) is 11.5. The van der Waals surface area contributed by atoms with Gasteiger partial charge in [-0.3, -0.25) is 5.32 Å². The average molecular weight is 277 g/mol. The molecule has 20 heavy (non-hydrogen) atoms. The molecular formula is C15H19NO4. The van der Waals surface area contributed by atoms with Crippen LogP contribution < -0.4 is 14.8 Å². The fraction of sp³-hybridized carbons (Fsp3) is 0.533. The summed E-state index contributed by atoms with van der Waals surface area (Å²) in [6.45, 7) is 1.91. The maximum Gasteiger partial charge on any atom is 0.328 e. The first-order valence-electron chi connectivity index (χ1n) is 7.01. The van der Waals surface area contributed by atoms with Gasteiger partial charge >= 0.3 is 5.97 Å². The van der Waals surface area contributed by atoms with Gasteiger partial charge in [-0.15, -0.1) is 0 Å². The van der Waals surface area contributed by atoms with Crippen LogP contribution in [0.4, 0.5) is 0 Å². The van der Waals surface area contributed by atoms with Gasteiger partial charge in [-0.2, -0.15) is 0 Å². The number of carboxylic acids is 1. The first-order valence-corrected chi connectivity index (χ1v) is 7.01. The van der Waals surface area contributed by atoms with Gasteiger partial charge in [-0.05, 0) is 37.5 Å². The van der Waals surface area contributed by atoms with E-state index in [4.69, 9.17) is 9.47 Å². The molecule has 1 heterocycles. The Bertz CT molecular complexity index is 525. The third-order valence-electron chi connectivity index (χ3n) is 4.23. The van der Waals surface area contributed by atoms with Crippen LogP contribution in [0, 0.1) is 0 Å². The van der Waals surface area contributed by atoms with Crippen molar-refractivity contribution >= 4 is 5.97 Å². The molecule has 0 amide bonds. The Kier molecular flexibility index (Phi) is 3.30. The molecule has 1 aromatic carbocycles. The van der Waals surface area contributed by atoms with Crippen LogP contribution in [0.15, 0.2) is 18.2 Å². The highest BCUT2D eigenvalue weighted by molar-refractivity contribution is 5.80. The van der Waals surface area contributed by atoms with E-state index in [0.29, 0.717) is 17.1 Å². The highest BCUT2D eigenvalue weighted by Crippen LogP contribution is 2.36. The lowest BCUT2D eigenvalue weighted by Crippen LogP contribution is -2.50. The number of carboxylic acid groups (broad SMARTS) is 1. The van der Waals surface area contributed by atoms with E-state index in [9.17, 15) is 9.90 Å². The van der Waals surface area contributed by atoms with Crippen molar-refractivity contribution in [2.24, 2.45) is 0 Å². The summed E-state index contributed by atoms with van der Waals surface area (Å²) in [6.07, 6.45) is 4.39. The maximum absolute atomic E-state index is 11.8. The smallest absolute Gasteiger partial charge is 0.328 e. The summed E-state index contributed by atoms with van der Waals surface area (Å²) in [4.78, 5) is 11.8. The predicted molar refractivity (Wildman–Crippen MR) is 72.9 cm³/mol. The van der Waals surface area contributed by atoms with Crippen LogP contribution in [0.2, 0.25) is 0 Å². The lowest BCUT2D eigenvalue weighted by molar-refractivity contribution is -0.145. The number of hydrogen-bond donors (Lipinski definition) is 2. The number of fused-ring (bicyclic) bond motifs is 1. The van der Waals surface area contributed by atoms with Gasteiger partial charge in [0, 0.05) is 6.04 Å². The summed E-state index contributed by atoms with van der Waals surface area (Å²) in [5.74, 6) is 0.411. The molecule has 2 N–H and O–H groups in total. The monoisotopic (exact) mass is 277 g/mol. The fourth-order valence-electron chi connectivity index (χ4n) is 2.95. The van der Waals surface area contributed by atoms with E-state index in [1.165, 1.54) is 0 Å². The van der Waals surface area contributed by atoms with Gasteiger partial charge in [0.2, 0.25) is 6.79 Å².